The van der Waals surface area contributed by atoms with E-state index < -0.39 is 83.1 Å². The van der Waals surface area contributed by atoms with Gasteiger partial charge in [-0.1, -0.05) is 0 Å². The number of carbonyl (C=O) groups is 2. The second-order valence-corrected chi connectivity index (χ2v) is 8.71. The van der Waals surface area contributed by atoms with Crippen molar-refractivity contribution < 1.29 is 45.4 Å². The fourth-order valence-electron chi connectivity index (χ4n) is 3.38. The summed E-state index contributed by atoms with van der Waals surface area (Å²) in [5, 5.41) is 10.6. The summed E-state index contributed by atoms with van der Waals surface area (Å²) in [6.07, 6.45) is -7.84. The van der Waals surface area contributed by atoms with Gasteiger partial charge in [0, 0.05) is 29.8 Å². The van der Waals surface area contributed by atoms with Gasteiger partial charge in [-0.3, -0.25) is 4.79 Å². The van der Waals surface area contributed by atoms with Gasteiger partial charge in [0.2, 0.25) is 5.01 Å². The summed E-state index contributed by atoms with van der Waals surface area (Å²) in [6.45, 7) is 1.13. The van der Waals surface area contributed by atoms with E-state index in [9.17, 15) is 45.4 Å². The molecular formula is C19H18F7KN4O3S. The molecule has 2 aromatic rings. The molecule has 7 nitrogen and oxygen atoms in total. The van der Waals surface area contributed by atoms with Gasteiger partial charge in [0.25, 0.3) is 18.3 Å². The fraction of sp³-hybridized carbons (Fsp3) is 0.474. The third-order valence-corrected chi connectivity index (χ3v) is 6.15. The molecule has 0 radical (unpaired) electrons. The molecule has 35 heavy (non-hydrogen) atoms. The third kappa shape index (κ3) is 6.71. The van der Waals surface area contributed by atoms with Crippen LogP contribution >= 0.6 is 11.3 Å². The Hall–Kier alpha value is -1.33. The van der Waals surface area contributed by atoms with Gasteiger partial charge < -0.3 is 15.3 Å². The molecule has 0 spiro atoms. The first-order valence-corrected chi connectivity index (χ1v) is 10.5. The van der Waals surface area contributed by atoms with E-state index in [4.69, 9.17) is 0 Å². The number of carboxylic acids is 1. The molecule has 1 aliphatic heterocycles. The van der Waals surface area contributed by atoms with Gasteiger partial charge in [0.15, 0.2) is 0 Å². The van der Waals surface area contributed by atoms with Gasteiger partial charge in [-0.15, -0.1) is 11.3 Å². The van der Waals surface area contributed by atoms with E-state index in [2.05, 4.69) is 9.97 Å². The molecule has 2 N–H and O–H groups in total. The summed E-state index contributed by atoms with van der Waals surface area (Å²) < 4.78 is 93.6. The van der Waals surface area contributed by atoms with Crippen LogP contribution in [0.15, 0.2) is 12.3 Å². The molecule has 0 bridgehead atoms. The molecule has 3 rings (SSSR count). The molecule has 16 heteroatoms. The Morgan fingerprint density at radius 3 is 2.43 bits per heavy atom. The van der Waals surface area contributed by atoms with Crippen LogP contribution in [0.1, 0.15) is 52.5 Å². The van der Waals surface area contributed by atoms with Crippen LogP contribution in [-0.2, 0) is 0 Å². The van der Waals surface area contributed by atoms with Crippen molar-refractivity contribution in [3.8, 4) is 10.4 Å². The molecule has 0 saturated carbocycles. The number of hydrogen-bond donors (Lipinski definition) is 2. The Morgan fingerprint density at radius 1 is 1.31 bits per heavy atom. The molecule has 2 unspecified atom stereocenters. The van der Waals surface area contributed by atoms with Crippen LogP contribution in [0, 0.1) is 0 Å². The van der Waals surface area contributed by atoms with Crippen LogP contribution < -0.4 is 5.32 Å². The molecule has 0 aliphatic carbocycles. The van der Waals surface area contributed by atoms with E-state index in [0.29, 0.717) is 17.4 Å². The van der Waals surface area contributed by atoms with E-state index in [0.717, 1.165) is 18.0 Å². The van der Waals surface area contributed by atoms with Crippen LogP contribution in [0.3, 0.4) is 0 Å². The minimum absolute atomic E-state index is 0. The van der Waals surface area contributed by atoms with Crippen molar-refractivity contribution >= 4 is 80.4 Å². The molecule has 2 aromatic heterocycles. The third-order valence-electron chi connectivity index (χ3n) is 5.07. The molecule has 1 amide bonds. The van der Waals surface area contributed by atoms with Crippen LogP contribution in [-0.4, -0.2) is 114 Å². The first-order chi connectivity index (χ1) is 15.6. The first kappa shape index (κ1) is 29.9. The van der Waals surface area contributed by atoms with Gasteiger partial charge in [0.05, 0.1) is 11.4 Å². The Bertz CT molecular complexity index is 1110. The standard InChI is InChI=1S/C19H17F7N4O3S.K.H/c1-7-4-18(22,23)6-30(7)16(31)12-13(34-15(29-12)17(32)33)10-5-27-11(3-9(10)14(20)21)28-8(2)19(24,25)26;;/h3,5,7-8,14H,4,6H2,1-2H3,(H,27,28)(H,32,33);;. The Balaban J connectivity index is 0.00000432. The van der Waals surface area contributed by atoms with Crippen LogP contribution in [0.5, 0.6) is 0 Å². The molecular weight excluding hydrogens is 536 g/mol. The number of hydrogen-bond acceptors (Lipinski definition) is 6. The summed E-state index contributed by atoms with van der Waals surface area (Å²) in [5.74, 6) is -6.41. The van der Waals surface area contributed by atoms with Crippen molar-refractivity contribution in [3.05, 3.63) is 28.5 Å². The molecule has 188 valence electrons. The zero-order valence-electron chi connectivity index (χ0n) is 17.5. The number of aromatic carboxylic acids is 1. The quantitative estimate of drug-likeness (QED) is 0.406. The number of halogens is 7. The van der Waals surface area contributed by atoms with E-state index in [-0.39, 0.29) is 56.3 Å². The molecule has 3 heterocycles. The number of pyridine rings is 1. The fourth-order valence-corrected chi connectivity index (χ4v) is 4.31. The molecule has 0 aromatic carbocycles. The number of alkyl halides is 7. The number of aromatic nitrogens is 2. The summed E-state index contributed by atoms with van der Waals surface area (Å²) >= 11 is 0.345. The second kappa shape index (κ2) is 11.0. The SMILES string of the molecule is CC1CC(F)(F)CN1C(=O)c1nc(C(=O)O)sc1-c1cnc(NC(C)C(F)(F)F)cc1C(F)F.[KH]. The number of nitrogens with zero attached hydrogens (tertiary/aromatic N) is 3. The predicted molar refractivity (Wildman–Crippen MR) is 114 cm³/mol. The van der Waals surface area contributed by atoms with Gasteiger partial charge in [-0.2, -0.15) is 13.2 Å². The van der Waals surface area contributed by atoms with Crippen molar-refractivity contribution in [1.29, 1.82) is 0 Å². The zero-order chi connectivity index (χ0) is 25.6. The molecule has 2 atom stereocenters. The topological polar surface area (TPSA) is 95.4 Å². The number of nitrogens with one attached hydrogen (secondary N) is 1. The molecule has 1 fully saturated rings. The molecule has 1 saturated heterocycles. The minimum atomic E-state index is -4.69. The van der Waals surface area contributed by atoms with Gasteiger partial charge >= 0.3 is 63.5 Å². The zero-order valence-corrected chi connectivity index (χ0v) is 18.3. The van der Waals surface area contributed by atoms with E-state index in [1.54, 1.807) is 0 Å². The summed E-state index contributed by atoms with van der Waals surface area (Å²) in [5.41, 5.74) is -1.94. The van der Waals surface area contributed by atoms with E-state index in [1.165, 1.54) is 6.92 Å². The number of rotatable bonds is 6. The van der Waals surface area contributed by atoms with Crippen molar-refractivity contribution in [2.75, 3.05) is 11.9 Å². The van der Waals surface area contributed by atoms with Crippen LogP contribution in [0.4, 0.5) is 36.6 Å². The molecule has 1 aliphatic rings. The first-order valence-electron chi connectivity index (χ1n) is 9.65. The number of anilines is 1. The summed E-state index contributed by atoms with van der Waals surface area (Å²) in [6, 6.07) is -2.41. The van der Waals surface area contributed by atoms with Gasteiger partial charge in [0.1, 0.15) is 17.6 Å². The van der Waals surface area contributed by atoms with Gasteiger partial charge in [-0.05, 0) is 19.9 Å². The number of carbonyl (C=O) groups excluding carboxylic acids is 1. The van der Waals surface area contributed by atoms with Gasteiger partial charge in [-0.25, -0.2) is 32.3 Å². The maximum absolute atomic E-state index is 13.8. The maximum atomic E-state index is 13.8. The number of carboxylic acid groups (broad SMARTS) is 1. The summed E-state index contributed by atoms with van der Waals surface area (Å²) in [7, 11) is 0. The van der Waals surface area contributed by atoms with Crippen molar-refractivity contribution in [1.82, 2.24) is 14.9 Å². The number of amides is 1. The van der Waals surface area contributed by atoms with Crippen molar-refractivity contribution in [3.63, 3.8) is 0 Å². The predicted octanol–water partition coefficient (Wildman–Crippen LogP) is 4.42. The van der Waals surface area contributed by atoms with Crippen LogP contribution in [0.25, 0.3) is 10.4 Å². The van der Waals surface area contributed by atoms with Crippen LogP contribution in [0.2, 0.25) is 0 Å². The average molecular weight is 555 g/mol. The Morgan fingerprint density at radius 2 is 1.94 bits per heavy atom. The van der Waals surface area contributed by atoms with E-state index in [1.807, 2.05) is 5.32 Å². The summed E-state index contributed by atoms with van der Waals surface area (Å²) in [4.78, 5) is 32.1. The monoisotopic (exact) mass is 554 g/mol. The van der Waals surface area contributed by atoms with E-state index >= 15 is 0 Å². The second-order valence-electron chi connectivity index (χ2n) is 7.71. The van der Waals surface area contributed by atoms with Crippen molar-refractivity contribution in [2.45, 2.75) is 50.9 Å². The number of likely N-dealkylation sites (tertiary alicyclic amines) is 1. The number of thiazole rings is 1. The Kier molecular flexibility index (Phi) is 9.36. The van der Waals surface area contributed by atoms with Crippen molar-refractivity contribution in [2.24, 2.45) is 0 Å². The Labute approximate surface area is 240 Å². The normalized spacial score (nSPS) is 18.3. The average Bonchev–Trinajstić information content (AvgIpc) is 3.27.